The standard InChI is InChI=1S/C16H18N2O9/c1-4-24-16(19)10-6-8(27-17-10)5-9-11(18(20)21)13(23-3)15-14(12(9)22-2)25-7-26-15/h8H,4-7H2,1-3H3/t8-/m0/s1. The molecule has 0 N–H and O–H groups in total. The summed E-state index contributed by atoms with van der Waals surface area (Å²) in [7, 11) is 2.67. The summed E-state index contributed by atoms with van der Waals surface area (Å²) >= 11 is 0. The number of oxime groups is 1. The molecular formula is C16H18N2O9. The molecule has 146 valence electrons. The van der Waals surface area contributed by atoms with Crippen LogP contribution in [-0.2, 0) is 20.8 Å². The van der Waals surface area contributed by atoms with Gasteiger partial charge in [-0.2, -0.15) is 0 Å². The first-order chi connectivity index (χ1) is 13.0. The number of carbonyl (C=O) groups excluding carboxylic acids is 1. The average molecular weight is 382 g/mol. The van der Waals surface area contributed by atoms with Gasteiger partial charge in [0.1, 0.15) is 6.10 Å². The summed E-state index contributed by atoms with van der Waals surface area (Å²) in [5, 5.41) is 15.5. The van der Waals surface area contributed by atoms with Crippen LogP contribution in [0.3, 0.4) is 0 Å². The zero-order valence-electron chi connectivity index (χ0n) is 15.0. The van der Waals surface area contributed by atoms with Gasteiger partial charge in [-0.1, -0.05) is 5.16 Å². The van der Waals surface area contributed by atoms with E-state index in [4.69, 9.17) is 28.5 Å². The molecule has 0 spiro atoms. The van der Waals surface area contributed by atoms with Gasteiger partial charge in [-0.3, -0.25) is 10.1 Å². The Morgan fingerprint density at radius 2 is 1.93 bits per heavy atom. The zero-order valence-corrected chi connectivity index (χ0v) is 15.0. The Bertz CT molecular complexity index is 806. The van der Waals surface area contributed by atoms with Crippen molar-refractivity contribution < 1.29 is 38.2 Å². The number of nitro groups is 1. The van der Waals surface area contributed by atoms with Gasteiger partial charge in [-0.15, -0.1) is 0 Å². The first-order valence-electron chi connectivity index (χ1n) is 8.12. The van der Waals surface area contributed by atoms with Crippen molar-refractivity contribution in [1.82, 2.24) is 0 Å². The van der Waals surface area contributed by atoms with Gasteiger partial charge in [-0.05, 0) is 6.92 Å². The number of nitro benzene ring substituents is 1. The minimum absolute atomic E-state index is 0.0406. The minimum Gasteiger partial charge on any atom is -0.492 e. The van der Waals surface area contributed by atoms with Crippen molar-refractivity contribution in [2.24, 2.45) is 5.16 Å². The summed E-state index contributed by atoms with van der Waals surface area (Å²) in [4.78, 5) is 28.2. The average Bonchev–Trinajstić information content (AvgIpc) is 3.30. The smallest absolute Gasteiger partial charge is 0.356 e. The Morgan fingerprint density at radius 1 is 1.26 bits per heavy atom. The molecule has 0 fully saturated rings. The Labute approximate surface area is 153 Å². The van der Waals surface area contributed by atoms with Gasteiger partial charge >= 0.3 is 11.7 Å². The maximum atomic E-state index is 11.8. The zero-order chi connectivity index (χ0) is 19.6. The molecule has 2 aliphatic rings. The lowest BCUT2D eigenvalue weighted by Gasteiger charge is -2.16. The fourth-order valence-electron chi connectivity index (χ4n) is 2.99. The molecule has 0 unspecified atom stereocenters. The summed E-state index contributed by atoms with van der Waals surface area (Å²) in [6.07, 6.45) is -0.420. The lowest BCUT2D eigenvalue weighted by atomic mass is 9.99. The summed E-state index contributed by atoms with van der Waals surface area (Å²) in [5.74, 6) is -0.152. The highest BCUT2D eigenvalue weighted by molar-refractivity contribution is 6.36. The molecule has 2 aliphatic heterocycles. The topological polar surface area (TPSA) is 128 Å². The molecule has 0 bridgehead atoms. The molecule has 0 radical (unpaired) electrons. The fourth-order valence-corrected chi connectivity index (χ4v) is 2.99. The first kappa shape index (κ1) is 18.5. The lowest BCUT2D eigenvalue weighted by molar-refractivity contribution is -0.386. The van der Waals surface area contributed by atoms with Crippen molar-refractivity contribution in [2.75, 3.05) is 27.6 Å². The SMILES string of the molecule is CCOC(=O)C1=NO[C@@H](Cc2c(OC)c3c(c(OC)c2[N+](=O)[O-])OCO3)C1. The van der Waals surface area contributed by atoms with E-state index in [1.165, 1.54) is 14.2 Å². The first-order valence-corrected chi connectivity index (χ1v) is 8.12. The number of hydrogen-bond acceptors (Lipinski definition) is 10. The van der Waals surface area contributed by atoms with Gasteiger partial charge in [0, 0.05) is 12.8 Å². The van der Waals surface area contributed by atoms with Crippen molar-refractivity contribution in [3.63, 3.8) is 0 Å². The number of esters is 1. The number of methoxy groups -OCH3 is 2. The van der Waals surface area contributed by atoms with Crippen molar-refractivity contribution in [3.8, 4) is 23.0 Å². The van der Waals surface area contributed by atoms with Crippen LogP contribution in [-0.4, -0.2) is 50.3 Å². The molecule has 2 heterocycles. The Hall–Kier alpha value is -3.24. The van der Waals surface area contributed by atoms with E-state index in [-0.39, 0.29) is 66.2 Å². The van der Waals surface area contributed by atoms with E-state index in [1.54, 1.807) is 6.92 Å². The van der Waals surface area contributed by atoms with Crippen LogP contribution in [0.25, 0.3) is 0 Å². The van der Waals surface area contributed by atoms with Crippen LogP contribution < -0.4 is 18.9 Å². The number of ether oxygens (including phenoxy) is 5. The number of fused-ring (bicyclic) bond motifs is 1. The summed E-state index contributed by atoms with van der Waals surface area (Å²) in [6, 6.07) is 0. The Morgan fingerprint density at radius 3 is 2.52 bits per heavy atom. The van der Waals surface area contributed by atoms with Crippen molar-refractivity contribution in [3.05, 3.63) is 15.7 Å². The van der Waals surface area contributed by atoms with E-state index in [2.05, 4.69) is 5.16 Å². The van der Waals surface area contributed by atoms with E-state index >= 15 is 0 Å². The number of hydrogen-bond donors (Lipinski definition) is 0. The van der Waals surface area contributed by atoms with Crippen LogP contribution in [0.5, 0.6) is 23.0 Å². The maximum absolute atomic E-state index is 11.8. The highest BCUT2D eigenvalue weighted by atomic mass is 16.7. The van der Waals surface area contributed by atoms with Gasteiger partial charge in [0.05, 0.1) is 31.3 Å². The highest BCUT2D eigenvalue weighted by Crippen LogP contribution is 2.55. The summed E-state index contributed by atoms with van der Waals surface area (Å²) < 4.78 is 26.1. The van der Waals surface area contributed by atoms with Crippen LogP contribution >= 0.6 is 0 Å². The van der Waals surface area contributed by atoms with Crippen LogP contribution in [0.15, 0.2) is 5.16 Å². The van der Waals surface area contributed by atoms with Crippen LogP contribution in [0.2, 0.25) is 0 Å². The third-order valence-corrected chi connectivity index (χ3v) is 4.07. The molecule has 0 aromatic heterocycles. The second-order valence-corrected chi connectivity index (χ2v) is 5.61. The lowest BCUT2D eigenvalue weighted by Crippen LogP contribution is -2.20. The van der Waals surface area contributed by atoms with Gasteiger partial charge < -0.3 is 28.5 Å². The molecule has 0 saturated heterocycles. The molecular weight excluding hydrogens is 364 g/mol. The third-order valence-electron chi connectivity index (χ3n) is 4.07. The molecule has 11 nitrogen and oxygen atoms in total. The molecule has 27 heavy (non-hydrogen) atoms. The van der Waals surface area contributed by atoms with E-state index in [0.29, 0.717) is 0 Å². The molecule has 1 atom stereocenters. The molecule has 11 heteroatoms. The molecule has 3 rings (SSSR count). The summed E-state index contributed by atoms with van der Waals surface area (Å²) in [5.41, 5.74) is 0.0110. The molecule has 0 saturated carbocycles. The largest absolute Gasteiger partial charge is 0.492 e. The highest BCUT2D eigenvalue weighted by Gasteiger charge is 2.39. The Balaban J connectivity index is 1.96. The second-order valence-electron chi connectivity index (χ2n) is 5.61. The van der Waals surface area contributed by atoms with Crippen LogP contribution in [0, 0.1) is 10.1 Å². The maximum Gasteiger partial charge on any atom is 0.356 e. The van der Waals surface area contributed by atoms with E-state index in [1.807, 2.05) is 0 Å². The van der Waals surface area contributed by atoms with Crippen molar-refractivity contribution in [2.45, 2.75) is 25.9 Å². The quantitative estimate of drug-likeness (QED) is 0.392. The fraction of sp³-hybridized carbons (Fsp3) is 0.500. The van der Waals surface area contributed by atoms with E-state index < -0.39 is 17.0 Å². The molecule has 1 aromatic rings. The molecule has 0 amide bonds. The third kappa shape index (κ3) is 3.27. The number of carbonyl (C=O) groups is 1. The minimum atomic E-state index is -0.609. The van der Waals surface area contributed by atoms with Gasteiger partial charge in [0.25, 0.3) is 0 Å². The number of nitrogens with zero attached hydrogens (tertiary/aromatic N) is 2. The van der Waals surface area contributed by atoms with Crippen LogP contribution in [0.1, 0.15) is 18.9 Å². The number of rotatable bonds is 7. The van der Waals surface area contributed by atoms with E-state index in [9.17, 15) is 14.9 Å². The normalized spacial score (nSPS) is 17.1. The predicted molar refractivity (Wildman–Crippen MR) is 89.6 cm³/mol. The van der Waals surface area contributed by atoms with Crippen LogP contribution in [0.4, 0.5) is 5.69 Å². The van der Waals surface area contributed by atoms with E-state index in [0.717, 1.165) is 0 Å². The van der Waals surface area contributed by atoms with Crippen molar-refractivity contribution in [1.29, 1.82) is 0 Å². The van der Waals surface area contributed by atoms with Gasteiger partial charge in [0.15, 0.2) is 11.5 Å². The summed E-state index contributed by atoms with van der Waals surface area (Å²) in [6.45, 7) is 1.78. The van der Waals surface area contributed by atoms with Gasteiger partial charge in [-0.25, -0.2) is 4.79 Å². The molecule has 0 aliphatic carbocycles. The predicted octanol–water partition coefficient (Wildman–Crippen LogP) is 1.59. The Kier molecular flexibility index (Phi) is 5.19. The number of benzene rings is 1. The van der Waals surface area contributed by atoms with Crippen molar-refractivity contribution >= 4 is 17.4 Å². The monoisotopic (exact) mass is 382 g/mol. The molecule has 1 aromatic carbocycles. The second kappa shape index (κ2) is 7.56. The van der Waals surface area contributed by atoms with Gasteiger partial charge in [0.2, 0.25) is 24.0 Å².